The Morgan fingerprint density at radius 3 is 2.33 bits per heavy atom. The summed E-state index contributed by atoms with van der Waals surface area (Å²) in [4.78, 5) is 17.5. The number of hydrogen-bond donors (Lipinski definition) is 0. The first-order chi connectivity index (χ1) is 19.3. The third kappa shape index (κ3) is 6.20. The van der Waals surface area contributed by atoms with E-state index >= 15 is 0 Å². The van der Waals surface area contributed by atoms with Crippen molar-refractivity contribution in [2.75, 3.05) is 32.7 Å². The Bertz CT molecular complexity index is 1470. The van der Waals surface area contributed by atoms with Gasteiger partial charge in [-0.3, -0.25) is 9.69 Å². The van der Waals surface area contributed by atoms with Crippen molar-refractivity contribution < 1.29 is 22.8 Å². The fourth-order valence-corrected chi connectivity index (χ4v) is 5.12. The summed E-state index contributed by atoms with van der Waals surface area (Å²) in [5.74, 6) is -1.04. The molecule has 1 aromatic heterocycles. The number of benzene rings is 3. The predicted octanol–water partition coefficient (Wildman–Crippen LogP) is 6.95. The number of rotatable bonds is 8. The van der Waals surface area contributed by atoms with Crippen molar-refractivity contribution in [3.8, 4) is 11.3 Å². The average Bonchev–Trinajstić information content (AvgIpc) is 3.33. The highest BCUT2D eigenvalue weighted by Gasteiger charge is 2.30. The first-order valence-corrected chi connectivity index (χ1v) is 13.6. The van der Waals surface area contributed by atoms with Gasteiger partial charge in [0.2, 0.25) is 0 Å². The highest BCUT2D eigenvalue weighted by Crippen LogP contribution is 2.32. The molecule has 10 heteroatoms. The van der Waals surface area contributed by atoms with Gasteiger partial charge in [0.05, 0.1) is 17.7 Å². The number of hydrogen-bond acceptors (Lipinski definition) is 5. The van der Waals surface area contributed by atoms with Gasteiger partial charge in [-0.1, -0.05) is 64.8 Å². The minimum atomic E-state index is -0.651. The Morgan fingerprint density at radius 2 is 1.65 bits per heavy atom. The molecule has 208 valence electrons. The van der Waals surface area contributed by atoms with Crippen LogP contribution in [0, 0.1) is 18.6 Å². The smallest absolute Gasteiger partial charge is 0.259 e. The molecular weight excluding hydrogens is 559 g/mol. The quantitative estimate of drug-likeness (QED) is 0.224. The van der Waals surface area contributed by atoms with Crippen LogP contribution in [0.2, 0.25) is 10.0 Å². The second-order valence-electron chi connectivity index (χ2n) is 9.59. The first-order valence-electron chi connectivity index (χ1n) is 12.8. The number of halogens is 4. The third-order valence-corrected chi connectivity index (χ3v) is 7.60. The Hall–Kier alpha value is -3.30. The molecule has 40 heavy (non-hydrogen) atoms. The van der Waals surface area contributed by atoms with Crippen LogP contribution in [0.4, 0.5) is 8.78 Å². The van der Waals surface area contributed by atoms with E-state index in [1.807, 2.05) is 24.3 Å². The van der Waals surface area contributed by atoms with Crippen molar-refractivity contribution >= 4 is 29.1 Å². The molecule has 1 saturated heterocycles. The van der Waals surface area contributed by atoms with Gasteiger partial charge in [0.1, 0.15) is 28.7 Å². The van der Waals surface area contributed by atoms with Crippen LogP contribution in [-0.2, 0) is 11.3 Å². The van der Waals surface area contributed by atoms with Gasteiger partial charge in [0, 0.05) is 48.9 Å². The lowest BCUT2D eigenvalue weighted by Crippen LogP contribution is -2.49. The molecule has 1 aliphatic rings. The number of ether oxygens (including phenoxy) is 1. The van der Waals surface area contributed by atoms with Crippen LogP contribution < -0.4 is 0 Å². The number of carbonyl (C=O) groups is 1. The zero-order valence-corrected chi connectivity index (χ0v) is 23.3. The molecule has 0 saturated carbocycles. The highest BCUT2D eigenvalue weighted by molar-refractivity contribution is 6.33. The summed E-state index contributed by atoms with van der Waals surface area (Å²) in [7, 11) is 0. The first kappa shape index (κ1) is 28.2. The van der Waals surface area contributed by atoms with Gasteiger partial charge in [0.15, 0.2) is 0 Å². The van der Waals surface area contributed by atoms with E-state index in [1.54, 1.807) is 36.1 Å². The molecule has 3 aromatic carbocycles. The average molecular weight is 586 g/mol. The SMILES string of the molecule is Cc1onc(-c2ccccc2Cl)c1C(=O)N1CCN(C[C@H](OCc2c(F)cccc2F)c2ccc(Cl)cc2)CC1. The van der Waals surface area contributed by atoms with E-state index < -0.39 is 17.7 Å². The van der Waals surface area contributed by atoms with Crippen molar-refractivity contribution in [3.05, 3.63) is 111 Å². The standard InChI is InChI=1S/C30H27Cl2F2N3O3/c1-19-28(29(35-40-19)22-5-2-3-6-24(22)32)30(38)37-15-13-36(14-16-37)17-27(20-9-11-21(31)12-10-20)39-18-23-25(33)7-4-8-26(23)34/h2-12,27H,13-18H2,1H3/t27-/m0/s1. The Kier molecular flexibility index (Phi) is 8.81. The molecule has 0 unspecified atom stereocenters. The molecule has 1 atom stereocenters. The molecule has 0 spiro atoms. The van der Waals surface area contributed by atoms with Crippen LogP contribution in [-0.4, -0.2) is 53.6 Å². The van der Waals surface area contributed by atoms with Crippen LogP contribution in [0.25, 0.3) is 11.3 Å². The van der Waals surface area contributed by atoms with Crippen molar-refractivity contribution in [2.45, 2.75) is 19.6 Å². The van der Waals surface area contributed by atoms with Crippen LogP contribution in [0.15, 0.2) is 71.3 Å². The lowest BCUT2D eigenvalue weighted by molar-refractivity contribution is 0.00144. The molecule has 0 N–H and O–H groups in total. The Labute approximate surface area is 241 Å². The molecule has 1 amide bonds. The molecule has 5 rings (SSSR count). The lowest BCUT2D eigenvalue weighted by Gasteiger charge is -2.36. The van der Waals surface area contributed by atoms with Crippen molar-refractivity contribution in [3.63, 3.8) is 0 Å². The maximum atomic E-state index is 14.2. The highest BCUT2D eigenvalue weighted by atomic mass is 35.5. The normalized spacial score (nSPS) is 14.9. The van der Waals surface area contributed by atoms with Crippen molar-refractivity contribution in [1.82, 2.24) is 15.0 Å². The van der Waals surface area contributed by atoms with E-state index in [4.69, 9.17) is 32.5 Å². The van der Waals surface area contributed by atoms with E-state index in [0.717, 1.165) is 5.56 Å². The van der Waals surface area contributed by atoms with Gasteiger partial charge in [-0.15, -0.1) is 0 Å². The lowest BCUT2D eigenvalue weighted by atomic mass is 10.0. The topological polar surface area (TPSA) is 58.8 Å². The maximum absolute atomic E-state index is 14.2. The number of aromatic nitrogens is 1. The maximum Gasteiger partial charge on any atom is 0.259 e. The van der Waals surface area contributed by atoms with Gasteiger partial charge in [0.25, 0.3) is 5.91 Å². The van der Waals surface area contributed by atoms with Gasteiger partial charge in [-0.25, -0.2) is 8.78 Å². The molecular formula is C30H27Cl2F2N3O3. The van der Waals surface area contributed by atoms with Gasteiger partial charge < -0.3 is 14.2 Å². The van der Waals surface area contributed by atoms with Crippen LogP contribution in [0.3, 0.4) is 0 Å². The largest absolute Gasteiger partial charge is 0.367 e. The van der Waals surface area contributed by atoms with Crippen LogP contribution in [0.1, 0.15) is 33.3 Å². The third-order valence-electron chi connectivity index (χ3n) is 7.02. The number of carbonyl (C=O) groups excluding carboxylic acids is 1. The zero-order valence-electron chi connectivity index (χ0n) is 21.7. The molecule has 0 bridgehead atoms. The van der Waals surface area contributed by atoms with E-state index in [9.17, 15) is 13.6 Å². The fourth-order valence-electron chi connectivity index (χ4n) is 4.77. The molecule has 0 radical (unpaired) electrons. The van der Waals surface area contributed by atoms with E-state index in [-0.39, 0.29) is 18.1 Å². The second-order valence-corrected chi connectivity index (χ2v) is 10.4. The number of amides is 1. The summed E-state index contributed by atoms with van der Waals surface area (Å²) >= 11 is 12.4. The fraction of sp³-hybridized carbons (Fsp3) is 0.267. The molecule has 2 heterocycles. The summed E-state index contributed by atoms with van der Waals surface area (Å²) in [6.45, 7) is 4.07. The summed E-state index contributed by atoms with van der Waals surface area (Å²) < 4.78 is 39.9. The summed E-state index contributed by atoms with van der Waals surface area (Å²) in [6, 6.07) is 18.1. The monoisotopic (exact) mass is 585 g/mol. The predicted molar refractivity (Wildman–Crippen MR) is 149 cm³/mol. The minimum absolute atomic E-state index is 0.115. The molecule has 0 aliphatic carbocycles. The number of nitrogens with zero attached hydrogens (tertiary/aromatic N) is 3. The van der Waals surface area contributed by atoms with Gasteiger partial charge in [-0.05, 0) is 42.8 Å². The summed E-state index contributed by atoms with van der Waals surface area (Å²) in [5.41, 5.74) is 2.18. The van der Waals surface area contributed by atoms with Crippen LogP contribution >= 0.6 is 23.2 Å². The summed E-state index contributed by atoms with van der Waals surface area (Å²) in [6.07, 6.45) is -0.467. The minimum Gasteiger partial charge on any atom is -0.367 e. The van der Waals surface area contributed by atoms with E-state index in [0.29, 0.717) is 65.4 Å². The molecule has 1 fully saturated rings. The van der Waals surface area contributed by atoms with E-state index in [2.05, 4.69) is 10.1 Å². The second kappa shape index (κ2) is 12.5. The van der Waals surface area contributed by atoms with E-state index in [1.165, 1.54) is 18.2 Å². The van der Waals surface area contributed by atoms with Crippen LogP contribution in [0.5, 0.6) is 0 Å². The number of aryl methyl sites for hydroxylation is 1. The molecule has 1 aliphatic heterocycles. The van der Waals surface area contributed by atoms with Gasteiger partial charge >= 0.3 is 0 Å². The molecule has 4 aromatic rings. The zero-order chi connectivity index (χ0) is 28.2. The number of piperazine rings is 1. The van der Waals surface area contributed by atoms with Gasteiger partial charge in [-0.2, -0.15) is 0 Å². The Balaban J connectivity index is 1.27. The Morgan fingerprint density at radius 1 is 0.975 bits per heavy atom. The summed E-state index contributed by atoms with van der Waals surface area (Å²) in [5, 5.41) is 5.18. The van der Waals surface area contributed by atoms with Crippen molar-refractivity contribution in [2.24, 2.45) is 0 Å². The molecule has 6 nitrogen and oxygen atoms in total. The van der Waals surface area contributed by atoms with Crippen molar-refractivity contribution in [1.29, 1.82) is 0 Å².